The molecule has 0 bridgehead atoms. The van der Waals surface area contributed by atoms with Gasteiger partial charge in [-0.25, -0.2) is 4.57 Å². The van der Waals surface area contributed by atoms with Crippen molar-refractivity contribution in [2.45, 2.75) is 199 Å². The van der Waals surface area contributed by atoms with Gasteiger partial charge in [-0.2, -0.15) is 0 Å². The molecular formula is C51H88NO10P. The van der Waals surface area contributed by atoms with Crippen LogP contribution in [-0.4, -0.2) is 71.7 Å². The van der Waals surface area contributed by atoms with Gasteiger partial charge in [0, 0.05) is 19.4 Å². The second kappa shape index (κ2) is 45.7. The van der Waals surface area contributed by atoms with Crippen LogP contribution in [0.5, 0.6) is 0 Å². The van der Waals surface area contributed by atoms with Gasteiger partial charge < -0.3 is 30.3 Å². The fourth-order valence-electron chi connectivity index (χ4n) is 6.31. The molecule has 12 heteroatoms. The van der Waals surface area contributed by atoms with E-state index in [1.807, 2.05) is 42.5 Å². The molecule has 0 aromatic rings. The number of esters is 2. The largest absolute Gasteiger partial charge is 0.472 e. The van der Waals surface area contributed by atoms with E-state index in [2.05, 4.69) is 26.0 Å². The third-order valence-corrected chi connectivity index (χ3v) is 10.9. The van der Waals surface area contributed by atoms with Crippen LogP contribution < -0.4 is 5.73 Å². The lowest BCUT2D eigenvalue weighted by molar-refractivity contribution is -0.161. The van der Waals surface area contributed by atoms with Gasteiger partial charge in [-0.1, -0.05) is 189 Å². The van der Waals surface area contributed by atoms with Crippen molar-refractivity contribution in [3.8, 4) is 0 Å². The first-order chi connectivity index (χ1) is 30.6. The molecule has 0 radical (unpaired) electrons. The summed E-state index contributed by atoms with van der Waals surface area (Å²) in [6, 6.07) is 0. The molecule has 0 saturated heterocycles. The second-order valence-corrected chi connectivity index (χ2v) is 17.4. The number of aliphatic hydroxyl groups excluding tert-OH is 2. The fourth-order valence-corrected chi connectivity index (χ4v) is 7.08. The highest BCUT2D eigenvalue weighted by Crippen LogP contribution is 2.43. The van der Waals surface area contributed by atoms with Crippen LogP contribution in [0.1, 0.15) is 181 Å². The Labute approximate surface area is 382 Å². The lowest BCUT2D eigenvalue weighted by Crippen LogP contribution is -2.29. The summed E-state index contributed by atoms with van der Waals surface area (Å²) in [4.78, 5) is 35.0. The van der Waals surface area contributed by atoms with Crippen molar-refractivity contribution in [2.24, 2.45) is 5.73 Å². The molecule has 1 unspecified atom stereocenters. The molecule has 4 atom stereocenters. The average Bonchev–Trinajstić information content (AvgIpc) is 3.26. The molecule has 0 aliphatic carbocycles. The number of rotatable bonds is 44. The van der Waals surface area contributed by atoms with Crippen LogP contribution in [0.2, 0.25) is 0 Å². The van der Waals surface area contributed by atoms with Crippen LogP contribution in [-0.2, 0) is 32.7 Å². The first kappa shape index (κ1) is 60.1. The molecule has 0 aromatic heterocycles. The molecule has 0 amide bonds. The van der Waals surface area contributed by atoms with Gasteiger partial charge in [-0.3, -0.25) is 18.6 Å². The highest BCUT2D eigenvalue weighted by Gasteiger charge is 2.26. The Kier molecular flexibility index (Phi) is 43.6. The van der Waals surface area contributed by atoms with Crippen molar-refractivity contribution in [3.63, 3.8) is 0 Å². The fraction of sp³-hybridized carbons (Fsp3) is 0.686. The van der Waals surface area contributed by atoms with Gasteiger partial charge in [-0.05, 0) is 64.2 Å². The summed E-state index contributed by atoms with van der Waals surface area (Å²) in [5.41, 5.74) is 5.35. The maximum Gasteiger partial charge on any atom is 0.472 e. The van der Waals surface area contributed by atoms with E-state index in [0.717, 1.165) is 25.7 Å². The van der Waals surface area contributed by atoms with E-state index in [9.17, 15) is 29.3 Å². The van der Waals surface area contributed by atoms with E-state index < -0.39 is 44.7 Å². The molecule has 0 rings (SSSR count). The summed E-state index contributed by atoms with van der Waals surface area (Å²) < 4.78 is 32.7. The minimum Gasteiger partial charge on any atom is -0.462 e. The number of hydrogen-bond donors (Lipinski definition) is 4. The summed E-state index contributed by atoms with van der Waals surface area (Å²) in [6.45, 7) is 3.32. The number of phosphoric ester groups is 1. The molecule has 362 valence electrons. The maximum atomic E-state index is 12.6. The van der Waals surface area contributed by atoms with E-state index in [0.29, 0.717) is 32.1 Å². The lowest BCUT2D eigenvalue weighted by Gasteiger charge is -2.19. The van der Waals surface area contributed by atoms with Crippen LogP contribution in [0, 0.1) is 0 Å². The SMILES string of the molecule is CC/C=C\C[C@@H](O)/C=C/C=C\C/C=C\C=C\[C@@H](O)/C=C\CCCC(=O)OC[C@H](COP(=O)(O)OCCN)OC(=O)CCCCCCCCCCCCC/C=C\CCCCCCCC. The van der Waals surface area contributed by atoms with E-state index in [-0.39, 0.29) is 32.6 Å². The predicted octanol–water partition coefficient (Wildman–Crippen LogP) is 12.3. The maximum absolute atomic E-state index is 12.6. The summed E-state index contributed by atoms with van der Waals surface area (Å²) in [6.07, 6.45) is 51.2. The smallest absolute Gasteiger partial charge is 0.462 e. The molecule has 11 nitrogen and oxygen atoms in total. The predicted molar refractivity (Wildman–Crippen MR) is 259 cm³/mol. The molecule has 5 N–H and O–H groups in total. The minimum atomic E-state index is -4.43. The van der Waals surface area contributed by atoms with E-state index in [1.54, 1.807) is 30.4 Å². The molecule has 0 saturated carbocycles. The number of nitrogens with two attached hydrogens (primary N) is 1. The minimum absolute atomic E-state index is 0.0202. The van der Waals surface area contributed by atoms with Crippen LogP contribution in [0.3, 0.4) is 0 Å². The third kappa shape index (κ3) is 45.5. The van der Waals surface area contributed by atoms with Crippen molar-refractivity contribution in [1.82, 2.24) is 0 Å². The molecule has 0 heterocycles. The first-order valence-electron chi connectivity index (χ1n) is 24.3. The van der Waals surface area contributed by atoms with E-state index >= 15 is 0 Å². The van der Waals surface area contributed by atoms with Crippen LogP contribution >= 0.6 is 7.82 Å². The van der Waals surface area contributed by atoms with Gasteiger partial charge >= 0.3 is 19.8 Å². The van der Waals surface area contributed by atoms with Crippen molar-refractivity contribution in [3.05, 3.63) is 85.1 Å². The zero-order valence-corrected chi connectivity index (χ0v) is 40.1. The van der Waals surface area contributed by atoms with Gasteiger partial charge in [-0.15, -0.1) is 0 Å². The average molecular weight is 906 g/mol. The molecule has 0 fully saturated rings. The molecular weight excluding hydrogens is 818 g/mol. The summed E-state index contributed by atoms with van der Waals surface area (Å²) in [7, 11) is -4.43. The Morgan fingerprint density at radius 3 is 1.75 bits per heavy atom. The lowest BCUT2D eigenvalue weighted by atomic mass is 10.0. The molecule has 0 aliphatic heterocycles. The summed E-state index contributed by atoms with van der Waals surface area (Å²) >= 11 is 0. The van der Waals surface area contributed by atoms with E-state index in [4.69, 9.17) is 24.3 Å². The number of carbonyl (C=O) groups is 2. The number of carbonyl (C=O) groups excluding carboxylic acids is 2. The summed E-state index contributed by atoms with van der Waals surface area (Å²) in [5.74, 6) is -1.02. The molecule has 0 spiro atoms. The Balaban J connectivity index is 4.31. The monoisotopic (exact) mass is 906 g/mol. The molecule has 0 aliphatic rings. The second-order valence-electron chi connectivity index (χ2n) is 16.0. The standard InChI is InChI=1S/C51H88NO10P/c1-3-5-7-8-9-10-11-12-13-14-15-16-17-18-19-20-21-22-26-29-35-42-51(56)62-49(46-61-63(57,58)60-44-43-52)45-59-50(55)41-36-30-34-40-48(54)39-33-28-25-23-24-27-32-38-47(53)37-31-6-4-2/h6,12-13,24-25,27-28,31-34,38-40,47-49,53-54H,3-5,7-11,14-23,26,29-30,35-37,41-46,52H2,1-2H3,(H,57,58)/b13-12-,27-24-,28-25-,31-6-,38-32+,39-33+,40-34-/t47-,48-,49-/m1/s1. The van der Waals surface area contributed by atoms with Crippen LogP contribution in [0.15, 0.2) is 85.1 Å². The quantitative estimate of drug-likeness (QED) is 0.0151. The van der Waals surface area contributed by atoms with Crippen LogP contribution in [0.4, 0.5) is 0 Å². The Bertz CT molecular complexity index is 1340. The Morgan fingerprint density at radius 2 is 1.14 bits per heavy atom. The first-order valence-corrected chi connectivity index (χ1v) is 25.8. The normalized spacial score (nSPS) is 15.0. The number of allylic oxidation sites excluding steroid dienone is 10. The highest BCUT2D eigenvalue weighted by atomic mass is 31.2. The Morgan fingerprint density at radius 1 is 0.587 bits per heavy atom. The Hall–Kier alpha value is -2.89. The number of hydrogen-bond acceptors (Lipinski definition) is 10. The summed E-state index contributed by atoms with van der Waals surface area (Å²) in [5, 5.41) is 20.0. The zero-order chi connectivity index (χ0) is 46.3. The van der Waals surface area contributed by atoms with Gasteiger partial charge in [0.25, 0.3) is 0 Å². The number of aliphatic hydroxyl groups is 2. The van der Waals surface area contributed by atoms with Crippen molar-refractivity contribution in [2.75, 3.05) is 26.4 Å². The third-order valence-electron chi connectivity index (χ3n) is 9.94. The number of unbranched alkanes of at least 4 members (excludes halogenated alkanes) is 18. The van der Waals surface area contributed by atoms with Crippen molar-refractivity contribution < 1.29 is 47.8 Å². The van der Waals surface area contributed by atoms with Crippen molar-refractivity contribution in [1.29, 1.82) is 0 Å². The highest BCUT2D eigenvalue weighted by molar-refractivity contribution is 7.47. The van der Waals surface area contributed by atoms with Gasteiger partial charge in [0.1, 0.15) is 6.61 Å². The topological polar surface area (TPSA) is 175 Å². The van der Waals surface area contributed by atoms with E-state index in [1.165, 1.54) is 96.3 Å². The molecule has 0 aromatic carbocycles. The number of phosphoric acid groups is 1. The number of ether oxygens (including phenoxy) is 2. The van der Waals surface area contributed by atoms with Crippen LogP contribution in [0.25, 0.3) is 0 Å². The van der Waals surface area contributed by atoms with Gasteiger partial charge in [0.05, 0.1) is 25.4 Å². The van der Waals surface area contributed by atoms with Crippen molar-refractivity contribution >= 4 is 19.8 Å². The molecule has 63 heavy (non-hydrogen) atoms. The van der Waals surface area contributed by atoms with Gasteiger partial charge in [0.15, 0.2) is 6.10 Å². The van der Waals surface area contributed by atoms with Gasteiger partial charge in [0.2, 0.25) is 0 Å². The zero-order valence-electron chi connectivity index (χ0n) is 39.3.